The normalized spacial score (nSPS) is 10.6. The molecule has 0 fully saturated rings. The molecule has 0 aliphatic heterocycles. The highest BCUT2D eigenvalue weighted by Crippen LogP contribution is 2.36. The molecule has 0 atom stereocenters. The van der Waals surface area contributed by atoms with Crippen molar-refractivity contribution in [1.29, 1.82) is 0 Å². The molecule has 2 aromatic carbocycles. The Hall–Kier alpha value is -0.620. The number of aliphatic hydroxyl groups excluding tert-OH is 1. The standard InChI is InChI=1S/C13H8Br2ClFO2/c14-8-3-7(6-18)1-2-12(8)19-13-5-11(17)10(16)4-9(13)15/h1-5,18H,6H2. The molecule has 0 heterocycles. The summed E-state index contributed by atoms with van der Waals surface area (Å²) < 4.78 is 20.2. The molecule has 2 aromatic rings. The van der Waals surface area contributed by atoms with E-state index < -0.39 is 5.82 Å². The summed E-state index contributed by atoms with van der Waals surface area (Å²) in [5.74, 6) is 0.280. The van der Waals surface area contributed by atoms with Gasteiger partial charge in [-0.15, -0.1) is 0 Å². The molecule has 0 aromatic heterocycles. The average molecular weight is 410 g/mol. The molecule has 0 spiro atoms. The molecule has 0 bridgehead atoms. The van der Waals surface area contributed by atoms with E-state index in [1.807, 2.05) is 0 Å². The van der Waals surface area contributed by atoms with E-state index in [4.69, 9.17) is 21.4 Å². The van der Waals surface area contributed by atoms with Crippen molar-refractivity contribution in [2.45, 2.75) is 6.61 Å². The zero-order chi connectivity index (χ0) is 14.0. The van der Waals surface area contributed by atoms with Crippen LogP contribution in [0.2, 0.25) is 5.02 Å². The van der Waals surface area contributed by atoms with Crippen LogP contribution in [0.5, 0.6) is 11.5 Å². The van der Waals surface area contributed by atoms with Crippen molar-refractivity contribution >= 4 is 43.5 Å². The summed E-state index contributed by atoms with van der Waals surface area (Å²) in [6, 6.07) is 7.78. The van der Waals surface area contributed by atoms with E-state index >= 15 is 0 Å². The first-order chi connectivity index (χ1) is 9.01. The van der Waals surface area contributed by atoms with Gasteiger partial charge in [0, 0.05) is 6.07 Å². The number of aliphatic hydroxyl groups is 1. The topological polar surface area (TPSA) is 29.5 Å². The van der Waals surface area contributed by atoms with Crippen molar-refractivity contribution in [3.05, 3.63) is 55.7 Å². The van der Waals surface area contributed by atoms with E-state index in [-0.39, 0.29) is 11.6 Å². The van der Waals surface area contributed by atoms with Crippen LogP contribution in [0.25, 0.3) is 0 Å². The van der Waals surface area contributed by atoms with Gasteiger partial charge in [-0.05, 0) is 55.6 Å². The van der Waals surface area contributed by atoms with Crippen molar-refractivity contribution in [2.24, 2.45) is 0 Å². The van der Waals surface area contributed by atoms with Crippen LogP contribution >= 0.6 is 43.5 Å². The van der Waals surface area contributed by atoms with E-state index in [0.717, 1.165) is 5.56 Å². The fraction of sp³-hybridized carbons (Fsp3) is 0.0769. The second-order valence-electron chi connectivity index (χ2n) is 3.72. The van der Waals surface area contributed by atoms with Crippen LogP contribution in [-0.4, -0.2) is 5.11 Å². The van der Waals surface area contributed by atoms with E-state index in [1.165, 1.54) is 12.1 Å². The van der Waals surface area contributed by atoms with Crippen molar-refractivity contribution in [3.63, 3.8) is 0 Å². The summed E-state index contributed by atoms with van der Waals surface area (Å²) in [5.41, 5.74) is 0.751. The second-order valence-corrected chi connectivity index (χ2v) is 5.84. The third-order valence-corrected chi connectivity index (χ3v) is 3.90. The van der Waals surface area contributed by atoms with Gasteiger partial charge in [0.2, 0.25) is 0 Å². The first-order valence-corrected chi connectivity index (χ1v) is 7.19. The van der Waals surface area contributed by atoms with Gasteiger partial charge in [-0.25, -0.2) is 4.39 Å². The van der Waals surface area contributed by atoms with Crippen LogP contribution in [-0.2, 0) is 6.61 Å². The quantitative estimate of drug-likeness (QED) is 0.697. The van der Waals surface area contributed by atoms with Crippen molar-refractivity contribution in [2.75, 3.05) is 0 Å². The molecule has 100 valence electrons. The minimum absolute atomic E-state index is 0.0221. The maximum atomic E-state index is 13.4. The van der Waals surface area contributed by atoms with E-state index in [0.29, 0.717) is 20.4 Å². The first kappa shape index (κ1) is 14.8. The number of hydrogen-bond donors (Lipinski definition) is 1. The van der Waals surface area contributed by atoms with E-state index in [1.54, 1.807) is 18.2 Å². The summed E-state index contributed by atoms with van der Waals surface area (Å²) in [6.45, 7) is -0.0574. The lowest BCUT2D eigenvalue weighted by molar-refractivity contribution is 0.281. The molecule has 0 aliphatic rings. The van der Waals surface area contributed by atoms with Gasteiger partial charge in [-0.3, -0.25) is 0 Å². The number of hydrogen-bond acceptors (Lipinski definition) is 2. The lowest BCUT2D eigenvalue weighted by atomic mass is 10.2. The zero-order valence-electron chi connectivity index (χ0n) is 9.46. The largest absolute Gasteiger partial charge is 0.455 e. The Bertz CT molecular complexity index is 620. The molecule has 0 radical (unpaired) electrons. The van der Waals surface area contributed by atoms with Crippen LogP contribution in [0, 0.1) is 5.82 Å². The predicted molar refractivity (Wildman–Crippen MR) is 79.2 cm³/mol. The van der Waals surface area contributed by atoms with Gasteiger partial charge >= 0.3 is 0 Å². The van der Waals surface area contributed by atoms with Crippen LogP contribution in [0.3, 0.4) is 0 Å². The summed E-state index contributed by atoms with van der Waals surface area (Å²) >= 11 is 12.3. The summed E-state index contributed by atoms with van der Waals surface area (Å²) in [6.07, 6.45) is 0. The Morgan fingerprint density at radius 2 is 1.79 bits per heavy atom. The first-order valence-electron chi connectivity index (χ1n) is 5.23. The van der Waals surface area contributed by atoms with E-state index in [9.17, 15) is 4.39 Å². The SMILES string of the molecule is OCc1ccc(Oc2cc(F)c(Cl)cc2Br)c(Br)c1. The number of rotatable bonds is 3. The molecule has 0 saturated heterocycles. The molecule has 0 saturated carbocycles. The maximum absolute atomic E-state index is 13.4. The Morgan fingerprint density at radius 3 is 2.42 bits per heavy atom. The molecular weight excluding hydrogens is 402 g/mol. The molecule has 6 heteroatoms. The van der Waals surface area contributed by atoms with Gasteiger partial charge in [0.1, 0.15) is 17.3 Å². The van der Waals surface area contributed by atoms with Gasteiger partial charge in [-0.2, -0.15) is 0 Å². The van der Waals surface area contributed by atoms with E-state index in [2.05, 4.69) is 31.9 Å². The Labute approximate surface area is 131 Å². The van der Waals surface area contributed by atoms with Gasteiger partial charge in [-0.1, -0.05) is 17.7 Å². The van der Waals surface area contributed by atoms with Gasteiger partial charge in [0.25, 0.3) is 0 Å². The van der Waals surface area contributed by atoms with Crippen LogP contribution in [0.1, 0.15) is 5.56 Å². The lowest BCUT2D eigenvalue weighted by Crippen LogP contribution is -1.90. The van der Waals surface area contributed by atoms with Gasteiger partial charge < -0.3 is 9.84 Å². The molecule has 2 rings (SSSR count). The third kappa shape index (κ3) is 3.48. The van der Waals surface area contributed by atoms with Crippen LogP contribution in [0.15, 0.2) is 39.3 Å². The third-order valence-electron chi connectivity index (χ3n) is 2.37. The van der Waals surface area contributed by atoms with Crippen molar-refractivity contribution in [3.8, 4) is 11.5 Å². The molecule has 0 amide bonds. The number of halogens is 4. The van der Waals surface area contributed by atoms with Gasteiger partial charge in [0.05, 0.1) is 20.6 Å². The van der Waals surface area contributed by atoms with Crippen LogP contribution in [0.4, 0.5) is 4.39 Å². The smallest absolute Gasteiger partial charge is 0.145 e. The summed E-state index contributed by atoms with van der Waals surface area (Å²) in [5, 5.41) is 9.04. The number of ether oxygens (including phenoxy) is 1. The maximum Gasteiger partial charge on any atom is 0.145 e. The van der Waals surface area contributed by atoms with Crippen molar-refractivity contribution < 1.29 is 14.2 Å². The average Bonchev–Trinajstić information content (AvgIpc) is 2.38. The van der Waals surface area contributed by atoms with Crippen molar-refractivity contribution in [1.82, 2.24) is 0 Å². The number of benzene rings is 2. The molecular formula is C13H8Br2ClFO2. The second kappa shape index (κ2) is 6.22. The zero-order valence-corrected chi connectivity index (χ0v) is 13.4. The Morgan fingerprint density at radius 1 is 1.11 bits per heavy atom. The summed E-state index contributed by atoms with van der Waals surface area (Å²) in [4.78, 5) is 0. The molecule has 1 N–H and O–H groups in total. The minimum atomic E-state index is -0.553. The monoisotopic (exact) mass is 408 g/mol. The predicted octanol–water partition coefficient (Wildman–Crippen LogP) is 5.29. The van der Waals surface area contributed by atoms with Gasteiger partial charge in [0.15, 0.2) is 0 Å². The molecule has 2 nitrogen and oxygen atoms in total. The Kier molecular flexibility index (Phi) is 4.84. The highest BCUT2D eigenvalue weighted by molar-refractivity contribution is 9.11. The highest BCUT2D eigenvalue weighted by atomic mass is 79.9. The lowest BCUT2D eigenvalue weighted by Gasteiger charge is -2.11. The molecule has 19 heavy (non-hydrogen) atoms. The fourth-order valence-corrected chi connectivity index (χ4v) is 2.65. The Balaban J connectivity index is 2.33. The van der Waals surface area contributed by atoms with Crippen LogP contribution < -0.4 is 4.74 Å². The minimum Gasteiger partial charge on any atom is -0.455 e. The fourth-order valence-electron chi connectivity index (χ4n) is 1.43. The molecule has 0 aliphatic carbocycles. The summed E-state index contributed by atoms with van der Waals surface area (Å²) in [7, 11) is 0. The highest BCUT2D eigenvalue weighted by Gasteiger charge is 2.11. The molecule has 0 unspecified atom stereocenters.